The number of imide groups is 1. The first-order valence-corrected chi connectivity index (χ1v) is 36.7. The summed E-state index contributed by atoms with van der Waals surface area (Å²) in [6.07, 6.45) is 2.04. The molecule has 600 valence electrons. The molecule has 0 radical (unpaired) electrons. The van der Waals surface area contributed by atoms with E-state index < -0.39 is 77.6 Å². The van der Waals surface area contributed by atoms with E-state index in [1.54, 1.807) is 0 Å². The minimum absolute atomic E-state index is 0.0112. The number of carbonyl (C=O) groups is 8. The third kappa shape index (κ3) is 60.1. The highest BCUT2D eigenvalue weighted by Gasteiger charge is 2.35. The van der Waals surface area contributed by atoms with Crippen LogP contribution in [-0.4, -0.2) is 293 Å². The first kappa shape index (κ1) is 97.5. The molecule has 1 heterocycles. The molecule has 1 rings (SSSR count). The lowest BCUT2D eigenvalue weighted by molar-refractivity contribution is -0.242. The van der Waals surface area contributed by atoms with Gasteiger partial charge in [0.1, 0.15) is 26.2 Å². The van der Waals surface area contributed by atoms with Gasteiger partial charge in [-0.3, -0.25) is 43.3 Å². The molecule has 0 saturated heterocycles. The molecule has 0 aromatic rings. The smallest absolute Gasteiger partial charge is 0.305 e. The second kappa shape index (κ2) is 66.6. The number of rotatable bonds is 76. The number of carboxylic acid groups (broad SMARTS) is 1. The topological polar surface area (TPSA) is 453 Å². The number of ether oxygens (including phenoxy) is 25. The Hall–Kier alpha value is -3.54. The summed E-state index contributed by atoms with van der Waals surface area (Å²) in [4.78, 5) is 105. The number of carboxylic acids is 1. The van der Waals surface area contributed by atoms with E-state index in [1.165, 1.54) is 50.3 Å². The van der Waals surface area contributed by atoms with Crippen LogP contribution in [0.3, 0.4) is 0 Å². The van der Waals surface area contributed by atoms with Gasteiger partial charge in [-0.25, -0.2) is 0 Å². The molecular formula is C60H107N5O34S4. The first-order chi connectivity index (χ1) is 49.7. The number of nitrogens with zero attached hydrogens (tertiary/aromatic N) is 1. The van der Waals surface area contributed by atoms with E-state index in [4.69, 9.17) is 129 Å². The SMILES string of the molecule is COCOCOCOCOCOCOCOCOCOCOCOCOCOCOCOCOCOCOCOCOCOCOCOCC(=O)C[C@@H](CSSC(C)(C)C)C(=O)N[C@@H](CCCCNC(=O)[C@H](CN)N1C(=O)C=CC1=O)C(=O)C[C@@H](CSSC(C)(C)C)C(=O)NCCOCCC(=O)O. The minimum atomic E-state index is -1.24. The van der Waals surface area contributed by atoms with Crippen LogP contribution in [0.2, 0.25) is 0 Å². The van der Waals surface area contributed by atoms with Crippen molar-refractivity contribution in [3.05, 3.63) is 12.2 Å². The lowest BCUT2D eigenvalue weighted by Crippen LogP contribution is -2.53. The van der Waals surface area contributed by atoms with Gasteiger partial charge in [-0.15, -0.1) is 0 Å². The number of carbonyl (C=O) groups excluding carboxylic acids is 7. The Morgan fingerprint density at radius 3 is 1.16 bits per heavy atom. The van der Waals surface area contributed by atoms with Crippen molar-refractivity contribution in [2.45, 2.75) is 102 Å². The lowest BCUT2D eigenvalue weighted by atomic mass is 9.95. The highest BCUT2D eigenvalue weighted by atomic mass is 33.1. The number of hydrogen-bond acceptors (Lipinski definition) is 38. The van der Waals surface area contributed by atoms with Crippen molar-refractivity contribution in [2.24, 2.45) is 17.6 Å². The van der Waals surface area contributed by atoms with E-state index in [0.717, 1.165) is 17.1 Å². The van der Waals surface area contributed by atoms with Crippen LogP contribution in [0.4, 0.5) is 0 Å². The van der Waals surface area contributed by atoms with Crippen LogP contribution >= 0.6 is 43.2 Å². The molecule has 0 bridgehead atoms. The number of methoxy groups -OCH3 is 1. The van der Waals surface area contributed by atoms with Crippen molar-refractivity contribution >= 4 is 90.2 Å². The van der Waals surface area contributed by atoms with Gasteiger partial charge in [0.2, 0.25) is 17.7 Å². The van der Waals surface area contributed by atoms with E-state index in [-0.39, 0.29) is 242 Å². The van der Waals surface area contributed by atoms with Gasteiger partial charge < -0.3 is 145 Å². The summed E-state index contributed by atoms with van der Waals surface area (Å²) < 4.78 is 127. The molecule has 0 aliphatic carbocycles. The van der Waals surface area contributed by atoms with Crippen molar-refractivity contribution in [3.63, 3.8) is 0 Å². The fraction of sp³-hybridized carbons (Fsp3) is 0.833. The molecule has 0 aromatic heterocycles. The Morgan fingerprint density at radius 1 is 0.456 bits per heavy atom. The zero-order valence-electron chi connectivity index (χ0n) is 59.7. The molecule has 39 nitrogen and oxygen atoms in total. The van der Waals surface area contributed by atoms with Gasteiger partial charge in [0.25, 0.3) is 11.8 Å². The number of unbranched alkanes of at least 4 members (excludes halogenated alkanes) is 1. The van der Waals surface area contributed by atoms with Crippen LogP contribution < -0.4 is 21.7 Å². The lowest BCUT2D eigenvalue weighted by Gasteiger charge is -2.25. The molecule has 5 amide bonds. The first-order valence-electron chi connectivity index (χ1n) is 32.0. The molecule has 43 heteroatoms. The second-order valence-corrected chi connectivity index (χ2v) is 29.0. The van der Waals surface area contributed by atoms with Crippen molar-refractivity contribution in [3.8, 4) is 0 Å². The Morgan fingerprint density at radius 2 is 0.806 bits per heavy atom. The predicted octanol–water partition coefficient (Wildman–Crippen LogP) is 2.18. The van der Waals surface area contributed by atoms with Gasteiger partial charge in [0.15, 0.2) is 154 Å². The Balaban J connectivity index is 2.34. The third-order valence-electron chi connectivity index (χ3n) is 11.6. The van der Waals surface area contributed by atoms with E-state index in [1.807, 2.05) is 41.5 Å². The number of Topliss-reactive ketones (excluding diaryl/α,β-unsaturated/α-hetero) is 2. The van der Waals surface area contributed by atoms with Crippen molar-refractivity contribution in [1.29, 1.82) is 0 Å². The van der Waals surface area contributed by atoms with Crippen molar-refractivity contribution in [1.82, 2.24) is 20.9 Å². The summed E-state index contributed by atoms with van der Waals surface area (Å²) in [7, 11) is 7.35. The maximum atomic E-state index is 14.4. The average Bonchev–Trinajstić information content (AvgIpc) is 1.72. The van der Waals surface area contributed by atoms with E-state index >= 15 is 0 Å². The molecule has 103 heavy (non-hydrogen) atoms. The highest BCUT2D eigenvalue weighted by Crippen LogP contribution is 2.38. The van der Waals surface area contributed by atoms with E-state index in [9.17, 15) is 38.4 Å². The fourth-order valence-electron chi connectivity index (χ4n) is 7.15. The molecule has 6 N–H and O–H groups in total. The van der Waals surface area contributed by atoms with Gasteiger partial charge in [-0.05, 0) is 19.3 Å². The maximum Gasteiger partial charge on any atom is 0.305 e. The van der Waals surface area contributed by atoms with Crippen LogP contribution in [0.5, 0.6) is 0 Å². The molecule has 0 aromatic carbocycles. The summed E-state index contributed by atoms with van der Waals surface area (Å²) in [6, 6.07) is -2.36. The van der Waals surface area contributed by atoms with Crippen molar-refractivity contribution < 1.29 is 162 Å². The monoisotopic (exact) mass is 1570 g/mol. The summed E-state index contributed by atoms with van der Waals surface area (Å²) in [5.41, 5.74) is 5.78. The van der Waals surface area contributed by atoms with Gasteiger partial charge >= 0.3 is 5.97 Å². The molecular weight excluding hydrogens is 1460 g/mol. The zero-order valence-corrected chi connectivity index (χ0v) is 63.0. The number of nitrogens with one attached hydrogen (secondary N) is 3. The minimum Gasteiger partial charge on any atom is -0.481 e. The van der Waals surface area contributed by atoms with Crippen LogP contribution in [-0.2, 0) is 157 Å². The average molecular weight is 1570 g/mol. The van der Waals surface area contributed by atoms with Gasteiger partial charge in [-0.1, -0.05) is 84.7 Å². The summed E-state index contributed by atoms with van der Waals surface area (Å²) in [5.74, 6) is -6.23. The number of aliphatic carboxylic acids is 1. The molecule has 4 atom stereocenters. The molecule has 0 unspecified atom stereocenters. The number of ketones is 2. The maximum absolute atomic E-state index is 14.4. The normalized spacial score (nSPS) is 13.8. The summed E-state index contributed by atoms with van der Waals surface area (Å²) in [5, 5.41) is 17.3. The van der Waals surface area contributed by atoms with Crippen molar-refractivity contribution in [2.75, 3.05) is 214 Å². The second-order valence-electron chi connectivity index (χ2n) is 22.6. The van der Waals surface area contributed by atoms with Gasteiger partial charge in [0, 0.05) is 72.7 Å². The quantitative estimate of drug-likeness (QED) is 0.0252. The molecule has 0 saturated carbocycles. The molecule has 1 aliphatic rings. The highest BCUT2D eigenvalue weighted by molar-refractivity contribution is 8.77. The molecule has 1 aliphatic heterocycles. The van der Waals surface area contributed by atoms with Gasteiger partial charge in [-0.2, -0.15) is 0 Å². The number of nitrogens with two attached hydrogens (primary N) is 1. The standard InChI is InChI=1S/C60H107N5O34S4/c1-59(2,3)102-100-22-47(57(73)64-50(10-8-9-14-62-58(74)51(20-61)65-53(68)11-12-54(65)69)52(67)19-48(23-101-103-60(4,5)6)56(72)63-15-17-76-16-13-55(70)71)18-49(66)21-77-25-79-27-81-29-83-31-85-33-87-35-89-37-91-39-93-41-95-43-97-45-99-46-98-44-96-42-94-40-92-38-90-36-88-34-86-32-84-30-82-28-80-26-78-24-75-7/h11-12,47-48,50-51H,8-10,13-46,61H2,1-7H3,(H,62,74)(H,63,72)(H,64,73)(H,70,71)/t47-,48-,50-,51-/m0/s1. The van der Waals surface area contributed by atoms with Gasteiger partial charge in [0.05, 0.1) is 37.5 Å². The Labute approximate surface area is 616 Å². The summed E-state index contributed by atoms with van der Waals surface area (Å²) in [6.45, 7) is 8.77. The van der Waals surface area contributed by atoms with Crippen LogP contribution in [0.25, 0.3) is 0 Å². The van der Waals surface area contributed by atoms with E-state index in [2.05, 4.69) is 16.0 Å². The van der Waals surface area contributed by atoms with Crippen LogP contribution in [0, 0.1) is 11.8 Å². The Bertz CT molecular complexity index is 2220. The van der Waals surface area contributed by atoms with E-state index in [0.29, 0.717) is 6.42 Å². The predicted molar refractivity (Wildman–Crippen MR) is 363 cm³/mol. The number of amides is 5. The van der Waals surface area contributed by atoms with Crippen LogP contribution in [0.1, 0.15) is 80.1 Å². The third-order valence-corrected chi connectivity index (χ3v) is 18.4. The number of hydrogen-bond donors (Lipinski definition) is 5. The van der Waals surface area contributed by atoms with Crippen LogP contribution in [0.15, 0.2) is 12.2 Å². The largest absolute Gasteiger partial charge is 0.481 e. The summed E-state index contributed by atoms with van der Waals surface area (Å²) >= 11 is 0. The molecule has 0 spiro atoms. The fourth-order valence-corrected chi connectivity index (χ4v) is 12.4. The Kier molecular flexibility index (Phi) is 63.1. The molecule has 0 fully saturated rings. The zero-order chi connectivity index (χ0) is 75.7.